The van der Waals surface area contributed by atoms with Crippen LogP contribution in [0.15, 0.2) is 24.7 Å². The summed E-state index contributed by atoms with van der Waals surface area (Å²) in [7, 11) is 0. The molecule has 0 radical (unpaired) electrons. The Balaban J connectivity index is 2.11. The van der Waals surface area contributed by atoms with Gasteiger partial charge in [-0.1, -0.05) is 6.92 Å². The number of thiazole rings is 1. The lowest BCUT2D eigenvalue weighted by Gasteiger charge is -1.98. The highest BCUT2D eigenvalue weighted by Crippen LogP contribution is 2.14. The molecule has 0 N–H and O–H groups in total. The molecule has 2 rings (SSSR count). The van der Waals surface area contributed by atoms with Crippen LogP contribution in [0.3, 0.4) is 0 Å². The topological polar surface area (TPSA) is 34.9 Å². The molecule has 0 atom stereocenters. The van der Waals surface area contributed by atoms with Gasteiger partial charge in [-0.15, -0.1) is 11.3 Å². The van der Waals surface area contributed by atoms with E-state index in [4.69, 9.17) is 0 Å². The number of Topliss-reactive ketones (excluding diaryl/α,β-unsaturated/α-hetero) is 1. The molecule has 2 aromatic heterocycles. The number of rotatable bonds is 4. The molecule has 0 aliphatic carbocycles. The van der Waals surface area contributed by atoms with Gasteiger partial charge in [0, 0.05) is 35.5 Å². The van der Waals surface area contributed by atoms with Gasteiger partial charge in [0.25, 0.3) is 0 Å². The molecular weight excluding hydrogens is 220 g/mol. The van der Waals surface area contributed by atoms with Gasteiger partial charge in [0.15, 0.2) is 5.78 Å². The van der Waals surface area contributed by atoms with Crippen molar-refractivity contribution < 1.29 is 4.79 Å². The average Bonchev–Trinajstić information content (AvgIpc) is 2.87. The minimum absolute atomic E-state index is 0.194. The highest BCUT2D eigenvalue weighted by atomic mass is 32.1. The molecule has 4 heteroatoms. The largest absolute Gasteiger partial charge is 0.348 e. The SMILES string of the molecule is CCC(=O)c1ccn(Cc2cnc(C)s2)c1. The number of nitrogens with zero attached hydrogens (tertiary/aromatic N) is 2. The van der Waals surface area contributed by atoms with E-state index in [1.807, 2.05) is 43.1 Å². The van der Waals surface area contributed by atoms with Crippen LogP contribution in [0.1, 0.15) is 33.6 Å². The Hall–Kier alpha value is -1.42. The molecule has 0 bridgehead atoms. The fourth-order valence-corrected chi connectivity index (χ4v) is 2.37. The zero-order valence-corrected chi connectivity index (χ0v) is 10.3. The molecule has 0 saturated heterocycles. The first kappa shape index (κ1) is 11.1. The van der Waals surface area contributed by atoms with E-state index in [9.17, 15) is 4.79 Å². The summed E-state index contributed by atoms with van der Waals surface area (Å²) in [6.45, 7) is 4.67. The third kappa shape index (κ3) is 2.39. The van der Waals surface area contributed by atoms with E-state index in [1.54, 1.807) is 11.3 Å². The summed E-state index contributed by atoms with van der Waals surface area (Å²) in [5.41, 5.74) is 0.795. The number of aryl methyl sites for hydroxylation is 1. The standard InChI is InChI=1S/C12H14N2OS/c1-3-12(15)10-4-5-14(7-10)8-11-6-13-9(2)16-11/h4-7H,3,8H2,1-2H3. The maximum Gasteiger partial charge on any atom is 0.164 e. The smallest absolute Gasteiger partial charge is 0.164 e. The van der Waals surface area contributed by atoms with Crippen molar-refractivity contribution >= 4 is 17.1 Å². The Morgan fingerprint density at radius 2 is 2.38 bits per heavy atom. The highest BCUT2D eigenvalue weighted by Gasteiger charge is 2.05. The third-order valence-corrected chi connectivity index (χ3v) is 3.30. The summed E-state index contributed by atoms with van der Waals surface area (Å²) in [5, 5.41) is 1.08. The molecule has 0 spiro atoms. The zero-order chi connectivity index (χ0) is 11.5. The van der Waals surface area contributed by atoms with Crippen molar-refractivity contribution in [2.24, 2.45) is 0 Å². The second kappa shape index (κ2) is 4.61. The van der Waals surface area contributed by atoms with Crippen molar-refractivity contribution in [3.63, 3.8) is 0 Å². The lowest BCUT2D eigenvalue weighted by atomic mass is 10.2. The Kier molecular flexibility index (Phi) is 3.19. The minimum atomic E-state index is 0.194. The molecule has 0 aliphatic heterocycles. The van der Waals surface area contributed by atoms with E-state index < -0.39 is 0 Å². The lowest BCUT2D eigenvalue weighted by Crippen LogP contribution is -1.96. The van der Waals surface area contributed by atoms with Crippen molar-refractivity contribution in [3.05, 3.63) is 40.1 Å². The van der Waals surface area contributed by atoms with E-state index >= 15 is 0 Å². The van der Waals surface area contributed by atoms with Crippen LogP contribution in [0.2, 0.25) is 0 Å². The summed E-state index contributed by atoms with van der Waals surface area (Å²) in [6, 6.07) is 1.87. The molecule has 0 aromatic carbocycles. The summed E-state index contributed by atoms with van der Waals surface area (Å²) >= 11 is 1.69. The summed E-state index contributed by atoms with van der Waals surface area (Å²) in [6.07, 6.45) is 6.30. The molecule has 0 aliphatic rings. The molecule has 2 aromatic rings. The molecular formula is C12H14N2OS. The fraction of sp³-hybridized carbons (Fsp3) is 0.333. The van der Waals surface area contributed by atoms with Crippen molar-refractivity contribution in [2.75, 3.05) is 0 Å². The van der Waals surface area contributed by atoms with E-state index in [0.29, 0.717) is 6.42 Å². The number of aromatic nitrogens is 2. The molecule has 16 heavy (non-hydrogen) atoms. The van der Waals surface area contributed by atoms with Crippen LogP contribution in [0.25, 0.3) is 0 Å². The van der Waals surface area contributed by atoms with Gasteiger partial charge < -0.3 is 4.57 Å². The molecule has 0 amide bonds. The van der Waals surface area contributed by atoms with E-state index in [1.165, 1.54) is 4.88 Å². The van der Waals surface area contributed by atoms with Gasteiger partial charge in [0.1, 0.15) is 0 Å². The quantitative estimate of drug-likeness (QED) is 0.762. The first-order valence-electron chi connectivity index (χ1n) is 5.29. The maximum absolute atomic E-state index is 11.5. The van der Waals surface area contributed by atoms with Crippen molar-refractivity contribution in [1.29, 1.82) is 0 Å². The number of ketones is 1. The summed E-state index contributed by atoms with van der Waals surface area (Å²) < 4.78 is 2.02. The van der Waals surface area contributed by atoms with Crippen LogP contribution in [-0.2, 0) is 6.54 Å². The normalized spacial score (nSPS) is 10.6. The van der Waals surface area contributed by atoms with Crippen molar-refractivity contribution in [1.82, 2.24) is 9.55 Å². The Morgan fingerprint density at radius 3 is 3.00 bits per heavy atom. The van der Waals surface area contributed by atoms with E-state index in [2.05, 4.69) is 4.98 Å². The van der Waals surface area contributed by atoms with Crippen molar-refractivity contribution in [3.8, 4) is 0 Å². The number of carbonyl (C=O) groups excluding carboxylic acids is 1. The number of hydrogen-bond donors (Lipinski definition) is 0. The molecule has 3 nitrogen and oxygen atoms in total. The zero-order valence-electron chi connectivity index (χ0n) is 9.43. The van der Waals surface area contributed by atoms with Gasteiger partial charge in [-0.3, -0.25) is 4.79 Å². The van der Waals surface area contributed by atoms with Gasteiger partial charge >= 0.3 is 0 Å². The Morgan fingerprint density at radius 1 is 1.56 bits per heavy atom. The Bertz CT molecular complexity index is 499. The fourth-order valence-electron chi connectivity index (χ4n) is 1.57. The first-order valence-corrected chi connectivity index (χ1v) is 6.11. The maximum atomic E-state index is 11.5. The van der Waals surface area contributed by atoms with Crippen LogP contribution in [0, 0.1) is 6.92 Å². The van der Waals surface area contributed by atoms with Crippen molar-refractivity contribution in [2.45, 2.75) is 26.8 Å². The van der Waals surface area contributed by atoms with Crippen LogP contribution in [0.5, 0.6) is 0 Å². The Labute approximate surface area is 98.8 Å². The van der Waals surface area contributed by atoms with Crippen LogP contribution >= 0.6 is 11.3 Å². The van der Waals surface area contributed by atoms with E-state index in [-0.39, 0.29) is 5.78 Å². The van der Waals surface area contributed by atoms with Gasteiger partial charge in [0.2, 0.25) is 0 Å². The van der Waals surface area contributed by atoms with Crippen LogP contribution in [-0.4, -0.2) is 15.3 Å². The van der Waals surface area contributed by atoms with Crippen LogP contribution in [0.4, 0.5) is 0 Å². The van der Waals surface area contributed by atoms with Crippen LogP contribution < -0.4 is 0 Å². The average molecular weight is 234 g/mol. The number of hydrogen-bond acceptors (Lipinski definition) is 3. The number of carbonyl (C=O) groups is 1. The van der Waals surface area contributed by atoms with Gasteiger partial charge in [-0.25, -0.2) is 4.98 Å². The van der Waals surface area contributed by atoms with Gasteiger partial charge in [0.05, 0.1) is 11.6 Å². The summed E-state index contributed by atoms with van der Waals surface area (Å²) in [5.74, 6) is 0.194. The predicted molar refractivity (Wildman–Crippen MR) is 65.0 cm³/mol. The van der Waals surface area contributed by atoms with Gasteiger partial charge in [-0.2, -0.15) is 0 Å². The second-order valence-corrected chi connectivity index (χ2v) is 5.01. The first-order chi connectivity index (χ1) is 7.69. The summed E-state index contributed by atoms with van der Waals surface area (Å²) in [4.78, 5) is 16.9. The van der Waals surface area contributed by atoms with Gasteiger partial charge in [-0.05, 0) is 13.0 Å². The third-order valence-electron chi connectivity index (χ3n) is 2.40. The molecule has 84 valence electrons. The molecule has 0 saturated carbocycles. The predicted octanol–water partition coefficient (Wildman–Crippen LogP) is 2.89. The lowest BCUT2D eigenvalue weighted by molar-refractivity contribution is 0.0988. The highest BCUT2D eigenvalue weighted by molar-refractivity contribution is 7.11. The molecule has 0 fully saturated rings. The van der Waals surface area contributed by atoms with E-state index in [0.717, 1.165) is 17.1 Å². The second-order valence-electron chi connectivity index (χ2n) is 3.69. The monoisotopic (exact) mass is 234 g/mol. The minimum Gasteiger partial charge on any atom is -0.348 e. The molecule has 0 unspecified atom stereocenters. The molecule has 2 heterocycles.